The van der Waals surface area contributed by atoms with E-state index < -0.39 is 5.60 Å². The zero-order valence-electron chi connectivity index (χ0n) is 11.3. The van der Waals surface area contributed by atoms with Crippen LogP contribution in [0, 0.1) is 5.82 Å². The van der Waals surface area contributed by atoms with Gasteiger partial charge in [0.1, 0.15) is 17.1 Å². The summed E-state index contributed by atoms with van der Waals surface area (Å²) in [4.78, 5) is 3.92. The summed E-state index contributed by atoms with van der Waals surface area (Å²) < 4.78 is 18.2. The molecule has 0 saturated heterocycles. The second-order valence-corrected chi connectivity index (χ2v) is 4.89. The van der Waals surface area contributed by atoms with Gasteiger partial charge in [0.15, 0.2) is 5.76 Å². The minimum absolute atomic E-state index is 0.313. The second kappa shape index (κ2) is 5.10. The van der Waals surface area contributed by atoms with Crippen LogP contribution in [-0.2, 0) is 5.60 Å². The fourth-order valence-corrected chi connectivity index (χ4v) is 2.08. The Bertz CT molecular complexity index is 736. The van der Waals surface area contributed by atoms with E-state index in [-0.39, 0.29) is 5.82 Å². The summed E-state index contributed by atoms with van der Waals surface area (Å²) in [6, 6.07) is 11.0. The molecule has 5 heteroatoms. The molecule has 0 fully saturated rings. The number of aromatic nitrogens is 2. The number of benzene rings is 1. The first-order chi connectivity index (χ1) is 10.1. The number of hydrogen-bond acceptors (Lipinski definition) is 4. The maximum Gasteiger partial charge on any atom is 0.173 e. The van der Waals surface area contributed by atoms with Crippen LogP contribution in [0.25, 0.3) is 11.3 Å². The van der Waals surface area contributed by atoms with Gasteiger partial charge in [-0.3, -0.25) is 4.98 Å². The second-order valence-electron chi connectivity index (χ2n) is 4.89. The van der Waals surface area contributed by atoms with Gasteiger partial charge < -0.3 is 9.63 Å². The van der Waals surface area contributed by atoms with Crippen LogP contribution in [0.3, 0.4) is 0 Å². The third-order valence-corrected chi connectivity index (χ3v) is 3.37. The number of halogens is 1. The van der Waals surface area contributed by atoms with E-state index in [0.717, 1.165) is 5.56 Å². The highest BCUT2D eigenvalue weighted by atomic mass is 19.1. The number of pyridine rings is 1. The maximum absolute atomic E-state index is 12.9. The SMILES string of the molecule is CC(O)(c1ccncc1)c1cc(-c2ccc(F)cc2)no1. The fourth-order valence-electron chi connectivity index (χ4n) is 2.08. The first kappa shape index (κ1) is 13.5. The summed E-state index contributed by atoms with van der Waals surface area (Å²) in [7, 11) is 0. The van der Waals surface area contributed by atoms with Crippen molar-refractivity contribution >= 4 is 0 Å². The first-order valence-electron chi connectivity index (χ1n) is 6.43. The van der Waals surface area contributed by atoms with Crippen molar-refractivity contribution in [2.75, 3.05) is 0 Å². The van der Waals surface area contributed by atoms with E-state index in [1.165, 1.54) is 12.1 Å². The van der Waals surface area contributed by atoms with Crippen molar-refractivity contribution in [2.24, 2.45) is 0 Å². The Hall–Kier alpha value is -2.53. The topological polar surface area (TPSA) is 59.2 Å². The molecule has 0 spiro atoms. The molecule has 106 valence electrons. The van der Waals surface area contributed by atoms with E-state index in [1.54, 1.807) is 49.6 Å². The highest BCUT2D eigenvalue weighted by Crippen LogP contribution is 2.31. The minimum atomic E-state index is -1.31. The largest absolute Gasteiger partial charge is 0.377 e. The lowest BCUT2D eigenvalue weighted by Crippen LogP contribution is -2.21. The molecule has 4 nitrogen and oxygen atoms in total. The van der Waals surface area contributed by atoms with Crippen molar-refractivity contribution < 1.29 is 14.0 Å². The molecule has 0 aliphatic heterocycles. The maximum atomic E-state index is 12.9. The number of nitrogens with zero attached hydrogens (tertiary/aromatic N) is 2. The molecule has 21 heavy (non-hydrogen) atoms. The van der Waals surface area contributed by atoms with Gasteiger partial charge in [0.05, 0.1) is 0 Å². The van der Waals surface area contributed by atoms with E-state index in [2.05, 4.69) is 10.1 Å². The molecule has 2 aromatic heterocycles. The Morgan fingerprint density at radius 1 is 1.10 bits per heavy atom. The Balaban J connectivity index is 1.96. The van der Waals surface area contributed by atoms with Crippen LogP contribution < -0.4 is 0 Å². The van der Waals surface area contributed by atoms with Gasteiger partial charge in [0.2, 0.25) is 0 Å². The average Bonchev–Trinajstić information content (AvgIpc) is 2.99. The molecule has 1 N–H and O–H groups in total. The lowest BCUT2D eigenvalue weighted by atomic mass is 9.94. The summed E-state index contributed by atoms with van der Waals surface area (Å²) in [5, 5.41) is 14.6. The van der Waals surface area contributed by atoms with Crippen molar-refractivity contribution in [1.29, 1.82) is 0 Å². The van der Waals surface area contributed by atoms with Crippen LogP contribution in [-0.4, -0.2) is 15.2 Å². The molecular formula is C16H13FN2O2. The molecule has 1 unspecified atom stereocenters. The van der Waals surface area contributed by atoms with Crippen molar-refractivity contribution in [2.45, 2.75) is 12.5 Å². The Morgan fingerprint density at radius 2 is 1.76 bits per heavy atom. The molecule has 1 aromatic carbocycles. The average molecular weight is 284 g/mol. The Kier molecular flexibility index (Phi) is 3.27. The van der Waals surface area contributed by atoms with E-state index in [4.69, 9.17) is 4.52 Å². The third kappa shape index (κ3) is 2.55. The van der Waals surface area contributed by atoms with Crippen LogP contribution in [0.1, 0.15) is 18.2 Å². The zero-order chi connectivity index (χ0) is 14.9. The summed E-state index contributed by atoms with van der Waals surface area (Å²) in [5.74, 6) is -0.000671. The van der Waals surface area contributed by atoms with Crippen LogP contribution >= 0.6 is 0 Å². The molecule has 0 aliphatic rings. The third-order valence-electron chi connectivity index (χ3n) is 3.37. The Morgan fingerprint density at radius 3 is 2.43 bits per heavy atom. The van der Waals surface area contributed by atoms with Gasteiger partial charge in [-0.25, -0.2) is 4.39 Å². The molecule has 0 radical (unpaired) electrons. The van der Waals surface area contributed by atoms with E-state index in [1.807, 2.05) is 0 Å². The Labute approximate surface area is 120 Å². The van der Waals surface area contributed by atoms with Crippen molar-refractivity contribution in [3.8, 4) is 11.3 Å². The molecule has 3 aromatic rings. The van der Waals surface area contributed by atoms with Gasteiger partial charge >= 0.3 is 0 Å². The van der Waals surface area contributed by atoms with Crippen LogP contribution in [0.4, 0.5) is 4.39 Å². The van der Waals surface area contributed by atoms with Gasteiger partial charge in [-0.05, 0) is 48.9 Å². The lowest BCUT2D eigenvalue weighted by Gasteiger charge is -2.19. The fraction of sp³-hybridized carbons (Fsp3) is 0.125. The summed E-state index contributed by atoms with van der Waals surface area (Å²) in [6.45, 7) is 1.62. The predicted molar refractivity (Wildman–Crippen MR) is 74.8 cm³/mol. The zero-order valence-corrected chi connectivity index (χ0v) is 11.3. The molecule has 0 amide bonds. The number of rotatable bonds is 3. The minimum Gasteiger partial charge on any atom is -0.377 e. The van der Waals surface area contributed by atoms with Crippen molar-refractivity contribution in [1.82, 2.24) is 10.1 Å². The quantitative estimate of drug-likeness (QED) is 0.802. The van der Waals surface area contributed by atoms with Gasteiger partial charge in [0.25, 0.3) is 0 Å². The monoisotopic (exact) mass is 284 g/mol. The number of aliphatic hydroxyl groups is 1. The molecule has 2 heterocycles. The summed E-state index contributed by atoms with van der Waals surface area (Å²) in [5.41, 5.74) is 0.601. The predicted octanol–water partition coefficient (Wildman–Crippen LogP) is 3.13. The van der Waals surface area contributed by atoms with E-state index in [9.17, 15) is 9.50 Å². The van der Waals surface area contributed by atoms with E-state index in [0.29, 0.717) is 17.0 Å². The van der Waals surface area contributed by atoms with Crippen LogP contribution in [0.15, 0.2) is 59.4 Å². The standard InChI is InChI=1S/C16H13FN2O2/c1-16(20,12-6-8-18-9-7-12)15-10-14(19-21-15)11-2-4-13(17)5-3-11/h2-10,20H,1H3. The highest BCUT2D eigenvalue weighted by molar-refractivity contribution is 5.59. The molecule has 3 rings (SSSR count). The molecule has 1 atom stereocenters. The van der Waals surface area contributed by atoms with Crippen molar-refractivity contribution in [3.63, 3.8) is 0 Å². The highest BCUT2D eigenvalue weighted by Gasteiger charge is 2.30. The summed E-state index contributed by atoms with van der Waals surface area (Å²) >= 11 is 0. The molecule has 0 saturated carbocycles. The van der Waals surface area contributed by atoms with Gasteiger partial charge in [0, 0.05) is 24.0 Å². The summed E-state index contributed by atoms with van der Waals surface area (Å²) in [6.07, 6.45) is 3.20. The smallest absolute Gasteiger partial charge is 0.173 e. The van der Waals surface area contributed by atoms with Crippen molar-refractivity contribution in [3.05, 3.63) is 72.0 Å². The molecule has 0 aliphatic carbocycles. The first-order valence-corrected chi connectivity index (χ1v) is 6.43. The molecule has 0 bridgehead atoms. The van der Waals surface area contributed by atoms with Gasteiger partial charge in [-0.1, -0.05) is 5.16 Å². The lowest BCUT2D eigenvalue weighted by molar-refractivity contribution is 0.0694. The van der Waals surface area contributed by atoms with Crippen LogP contribution in [0.5, 0.6) is 0 Å². The molecular weight excluding hydrogens is 271 g/mol. The normalized spacial score (nSPS) is 13.9. The van der Waals surface area contributed by atoms with Gasteiger partial charge in [-0.2, -0.15) is 0 Å². The van der Waals surface area contributed by atoms with E-state index >= 15 is 0 Å². The number of hydrogen-bond donors (Lipinski definition) is 1. The van der Waals surface area contributed by atoms with Crippen LogP contribution in [0.2, 0.25) is 0 Å². The van der Waals surface area contributed by atoms with Gasteiger partial charge in [-0.15, -0.1) is 0 Å².